The summed E-state index contributed by atoms with van der Waals surface area (Å²) in [5.41, 5.74) is 5.57. The summed E-state index contributed by atoms with van der Waals surface area (Å²) in [7, 11) is -2.52. The number of hydrogen-bond donors (Lipinski definition) is 2. The topological polar surface area (TPSA) is 116 Å². The molecule has 9 heteroatoms. The lowest BCUT2D eigenvalue weighted by atomic mass is 10.4. The third-order valence-electron chi connectivity index (χ3n) is 2.35. The van der Waals surface area contributed by atoms with Crippen molar-refractivity contribution in [2.24, 2.45) is 0 Å². The number of nitrogen functional groups attached to an aromatic ring is 1. The molecule has 1 aromatic rings. The maximum Gasteiger partial charge on any atom is 0.306 e. The molecular formula is C10H18N4O4S. The van der Waals surface area contributed by atoms with Gasteiger partial charge in [0, 0.05) is 19.3 Å². The molecule has 0 aliphatic rings. The minimum Gasteiger partial charge on any atom is -0.469 e. The fourth-order valence-electron chi connectivity index (χ4n) is 1.44. The van der Waals surface area contributed by atoms with Crippen LogP contribution in [-0.4, -0.2) is 37.8 Å². The molecule has 0 aromatic carbocycles. The first kappa shape index (κ1) is 15.4. The summed E-state index contributed by atoms with van der Waals surface area (Å²) >= 11 is 0. The Kier molecular flexibility index (Phi) is 5.31. The predicted molar refractivity (Wildman–Crippen MR) is 68.8 cm³/mol. The van der Waals surface area contributed by atoms with E-state index in [1.54, 1.807) is 0 Å². The number of nitrogens with zero attached hydrogens (tertiary/aromatic N) is 2. The summed E-state index contributed by atoms with van der Waals surface area (Å²) < 4.78 is 32.1. The van der Waals surface area contributed by atoms with Gasteiger partial charge in [-0.3, -0.25) is 9.48 Å². The number of carbonyl (C=O) groups excluding carboxylic acids is 1. The van der Waals surface area contributed by atoms with E-state index in [1.807, 2.05) is 6.92 Å². The number of hydrogen-bond acceptors (Lipinski definition) is 6. The van der Waals surface area contributed by atoms with Crippen molar-refractivity contribution < 1.29 is 17.9 Å². The van der Waals surface area contributed by atoms with Gasteiger partial charge in [-0.05, 0) is 6.42 Å². The van der Waals surface area contributed by atoms with Gasteiger partial charge in [0.15, 0.2) is 5.82 Å². The second kappa shape index (κ2) is 6.53. The summed E-state index contributed by atoms with van der Waals surface area (Å²) in [6.45, 7) is 2.48. The number of esters is 1. The second-order valence-electron chi connectivity index (χ2n) is 3.87. The molecule has 0 aliphatic carbocycles. The standard InChI is InChI=1S/C10H18N4O4S/c1-3-6-14-7-8(10(11)13-14)19(16,17)12-5-4-9(15)18-2/h7,12H,3-6H2,1-2H3,(H2,11,13). The number of nitrogens with one attached hydrogen (secondary N) is 1. The minimum atomic E-state index is -3.76. The molecule has 0 fully saturated rings. The summed E-state index contributed by atoms with van der Waals surface area (Å²) in [5, 5.41) is 3.91. The number of carbonyl (C=O) groups is 1. The van der Waals surface area contributed by atoms with Crippen molar-refractivity contribution in [1.29, 1.82) is 0 Å². The molecular weight excluding hydrogens is 272 g/mol. The van der Waals surface area contributed by atoms with Gasteiger partial charge < -0.3 is 10.5 Å². The average molecular weight is 290 g/mol. The zero-order valence-electron chi connectivity index (χ0n) is 10.9. The predicted octanol–water partition coefficient (Wildman–Crippen LogP) is -0.283. The van der Waals surface area contributed by atoms with Gasteiger partial charge in [0.25, 0.3) is 0 Å². The number of nitrogens with two attached hydrogens (primary N) is 1. The number of rotatable bonds is 7. The molecule has 1 aromatic heterocycles. The van der Waals surface area contributed by atoms with Crippen LogP contribution in [0.1, 0.15) is 19.8 Å². The summed E-state index contributed by atoms with van der Waals surface area (Å²) in [5.74, 6) is -0.545. The van der Waals surface area contributed by atoms with Crippen molar-refractivity contribution in [3.05, 3.63) is 6.20 Å². The third kappa shape index (κ3) is 4.21. The summed E-state index contributed by atoms with van der Waals surface area (Å²) in [6, 6.07) is 0. The highest BCUT2D eigenvalue weighted by Crippen LogP contribution is 2.16. The van der Waals surface area contributed by atoms with Crippen molar-refractivity contribution >= 4 is 21.8 Å². The van der Waals surface area contributed by atoms with Crippen molar-refractivity contribution in [2.75, 3.05) is 19.4 Å². The van der Waals surface area contributed by atoms with Crippen LogP contribution in [0.25, 0.3) is 0 Å². The van der Waals surface area contributed by atoms with Gasteiger partial charge in [-0.15, -0.1) is 0 Å². The van der Waals surface area contributed by atoms with Gasteiger partial charge in [-0.2, -0.15) is 5.10 Å². The third-order valence-corrected chi connectivity index (χ3v) is 3.82. The van der Waals surface area contributed by atoms with E-state index in [0.717, 1.165) is 6.42 Å². The molecule has 0 saturated carbocycles. The molecule has 0 unspecified atom stereocenters. The molecule has 0 spiro atoms. The van der Waals surface area contributed by atoms with Crippen LogP contribution in [0.5, 0.6) is 0 Å². The van der Waals surface area contributed by atoms with Gasteiger partial charge in [0.1, 0.15) is 4.90 Å². The van der Waals surface area contributed by atoms with Crippen molar-refractivity contribution in [1.82, 2.24) is 14.5 Å². The zero-order chi connectivity index (χ0) is 14.5. The Morgan fingerprint density at radius 2 is 2.26 bits per heavy atom. The highest BCUT2D eigenvalue weighted by Gasteiger charge is 2.21. The monoisotopic (exact) mass is 290 g/mol. The molecule has 0 radical (unpaired) electrons. The normalized spacial score (nSPS) is 11.5. The van der Waals surface area contributed by atoms with Crippen molar-refractivity contribution in [2.45, 2.75) is 31.2 Å². The van der Waals surface area contributed by atoms with Crippen molar-refractivity contribution in [3.8, 4) is 0 Å². The fraction of sp³-hybridized carbons (Fsp3) is 0.600. The van der Waals surface area contributed by atoms with E-state index in [2.05, 4.69) is 14.6 Å². The lowest BCUT2D eigenvalue weighted by Crippen LogP contribution is -2.27. The second-order valence-corrected chi connectivity index (χ2v) is 5.60. The van der Waals surface area contributed by atoms with E-state index in [-0.39, 0.29) is 23.7 Å². The Bertz CT molecular complexity index is 538. The molecule has 3 N–H and O–H groups in total. The SMILES string of the molecule is CCCn1cc(S(=O)(=O)NCCC(=O)OC)c(N)n1. The van der Waals surface area contributed by atoms with Crippen LogP contribution < -0.4 is 10.5 Å². The zero-order valence-corrected chi connectivity index (χ0v) is 11.7. The van der Waals surface area contributed by atoms with Gasteiger partial charge in [-0.25, -0.2) is 13.1 Å². The Labute approximate surface area is 112 Å². The Hall–Kier alpha value is -1.61. The molecule has 0 atom stereocenters. The first-order chi connectivity index (χ1) is 8.90. The number of aromatic nitrogens is 2. The van der Waals surface area contributed by atoms with Crippen LogP contribution in [0, 0.1) is 0 Å². The molecule has 0 aliphatic heterocycles. The van der Waals surface area contributed by atoms with Crippen LogP contribution in [0.4, 0.5) is 5.82 Å². The Balaban J connectivity index is 2.74. The molecule has 1 rings (SSSR count). The quantitative estimate of drug-likeness (QED) is 0.667. The molecule has 1 heterocycles. The van der Waals surface area contributed by atoms with E-state index >= 15 is 0 Å². The van der Waals surface area contributed by atoms with Crippen molar-refractivity contribution in [3.63, 3.8) is 0 Å². The molecule has 0 bridgehead atoms. The molecule has 0 saturated heterocycles. The fourth-order valence-corrected chi connectivity index (χ4v) is 2.54. The lowest BCUT2D eigenvalue weighted by Gasteiger charge is -2.04. The van der Waals surface area contributed by atoms with E-state index in [9.17, 15) is 13.2 Å². The summed E-state index contributed by atoms with van der Waals surface area (Å²) in [6.07, 6.45) is 2.15. The first-order valence-electron chi connectivity index (χ1n) is 5.80. The van der Waals surface area contributed by atoms with E-state index < -0.39 is 16.0 Å². The molecule has 108 valence electrons. The number of sulfonamides is 1. The minimum absolute atomic E-state index is 0.0429. The Morgan fingerprint density at radius 1 is 1.58 bits per heavy atom. The smallest absolute Gasteiger partial charge is 0.306 e. The first-order valence-corrected chi connectivity index (χ1v) is 7.28. The molecule has 0 amide bonds. The van der Waals surface area contributed by atoms with Crippen LogP contribution in [0.2, 0.25) is 0 Å². The maximum absolute atomic E-state index is 11.9. The highest BCUT2D eigenvalue weighted by molar-refractivity contribution is 7.89. The maximum atomic E-state index is 11.9. The average Bonchev–Trinajstić information content (AvgIpc) is 2.71. The van der Waals surface area contributed by atoms with Crippen LogP contribution in [0.15, 0.2) is 11.1 Å². The van der Waals surface area contributed by atoms with Gasteiger partial charge >= 0.3 is 5.97 Å². The van der Waals surface area contributed by atoms with Gasteiger partial charge in [0.05, 0.1) is 13.5 Å². The summed E-state index contributed by atoms with van der Waals surface area (Å²) in [4.78, 5) is 10.8. The number of aryl methyl sites for hydroxylation is 1. The van der Waals surface area contributed by atoms with Gasteiger partial charge in [0.2, 0.25) is 10.0 Å². The number of methoxy groups -OCH3 is 1. The molecule has 8 nitrogen and oxygen atoms in total. The van der Waals surface area contributed by atoms with Crippen LogP contribution in [0.3, 0.4) is 0 Å². The largest absolute Gasteiger partial charge is 0.469 e. The lowest BCUT2D eigenvalue weighted by molar-refractivity contribution is -0.140. The highest BCUT2D eigenvalue weighted by atomic mass is 32.2. The Morgan fingerprint density at radius 3 is 2.84 bits per heavy atom. The van der Waals surface area contributed by atoms with E-state index in [1.165, 1.54) is 18.0 Å². The number of ether oxygens (including phenoxy) is 1. The van der Waals surface area contributed by atoms with E-state index in [4.69, 9.17) is 5.73 Å². The van der Waals surface area contributed by atoms with E-state index in [0.29, 0.717) is 6.54 Å². The molecule has 19 heavy (non-hydrogen) atoms. The number of anilines is 1. The van der Waals surface area contributed by atoms with Gasteiger partial charge in [-0.1, -0.05) is 6.92 Å². The van der Waals surface area contributed by atoms with Crippen LogP contribution >= 0.6 is 0 Å². The van der Waals surface area contributed by atoms with Crippen LogP contribution in [-0.2, 0) is 26.1 Å².